The van der Waals surface area contributed by atoms with Gasteiger partial charge in [-0.2, -0.15) is 16.1 Å². The second-order valence-corrected chi connectivity index (χ2v) is 8.75. The molecule has 0 saturated carbocycles. The van der Waals surface area contributed by atoms with Gasteiger partial charge in [0.25, 0.3) is 0 Å². The molecule has 1 saturated heterocycles. The van der Waals surface area contributed by atoms with Crippen molar-refractivity contribution in [3.8, 4) is 0 Å². The lowest BCUT2D eigenvalue weighted by Crippen LogP contribution is -2.47. The molecule has 3 nitrogen and oxygen atoms in total. The summed E-state index contributed by atoms with van der Waals surface area (Å²) in [5, 5.41) is 2.09. The van der Waals surface area contributed by atoms with Gasteiger partial charge in [0.15, 0.2) is 0 Å². The maximum Gasteiger partial charge on any atom is 0.243 e. The van der Waals surface area contributed by atoms with Crippen molar-refractivity contribution in [3.63, 3.8) is 0 Å². The molecule has 1 heterocycles. The third-order valence-electron chi connectivity index (χ3n) is 4.16. The molecule has 1 aliphatic heterocycles. The molecule has 3 rings (SSSR count). The molecule has 0 aliphatic carbocycles. The zero-order valence-corrected chi connectivity index (χ0v) is 13.8. The predicted octanol–water partition coefficient (Wildman–Crippen LogP) is 3.35. The summed E-state index contributed by atoms with van der Waals surface area (Å²) in [6.07, 6.45) is 0. The smallest absolute Gasteiger partial charge is 0.207 e. The van der Waals surface area contributed by atoms with Gasteiger partial charge in [-0.1, -0.05) is 43.3 Å². The normalized spacial score (nSPS) is 24.3. The first-order chi connectivity index (χ1) is 10.0. The van der Waals surface area contributed by atoms with E-state index >= 15 is 0 Å². The van der Waals surface area contributed by atoms with Crippen LogP contribution in [0.15, 0.2) is 47.4 Å². The van der Waals surface area contributed by atoms with Crippen LogP contribution in [0.2, 0.25) is 0 Å². The molecule has 0 amide bonds. The number of sulfonamides is 1. The Labute approximate surface area is 130 Å². The van der Waals surface area contributed by atoms with E-state index in [0.29, 0.717) is 16.7 Å². The van der Waals surface area contributed by atoms with Crippen LogP contribution in [0, 0.1) is 0 Å². The minimum absolute atomic E-state index is 0.0210. The zero-order chi connectivity index (χ0) is 15.0. The number of hydrogen-bond acceptors (Lipinski definition) is 3. The third-order valence-corrected chi connectivity index (χ3v) is 7.54. The molecule has 1 aliphatic rings. The lowest BCUT2D eigenvalue weighted by atomic mass is 10.1. The molecule has 21 heavy (non-hydrogen) atoms. The molecule has 0 N–H and O–H groups in total. The van der Waals surface area contributed by atoms with Crippen LogP contribution in [0.3, 0.4) is 0 Å². The number of fused-ring (bicyclic) bond motifs is 1. The Kier molecular flexibility index (Phi) is 3.99. The standard InChI is InChI=1S/C16H19NO2S2/c1-12-13(2)20-11-10-17(12)21(18,19)16-9-5-7-14-6-3-4-8-15(14)16/h3-9,12-13H,10-11H2,1-2H3. The Morgan fingerprint density at radius 3 is 2.62 bits per heavy atom. The average molecular weight is 321 g/mol. The van der Waals surface area contributed by atoms with E-state index in [1.165, 1.54) is 0 Å². The van der Waals surface area contributed by atoms with Gasteiger partial charge in [-0.05, 0) is 18.4 Å². The minimum atomic E-state index is -3.45. The van der Waals surface area contributed by atoms with E-state index in [1.807, 2.05) is 55.1 Å². The Bertz CT molecular complexity index is 752. The highest BCUT2D eigenvalue weighted by molar-refractivity contribution is 8.00. The number of thioether (sulfide) groups is 1. The molecule has 2 aromatic rings. The summed E-state index contributed by atoms with van der Waals surface area (Å²) in [4.78, 5) is 0.423. The summed E-state index contributed by atoms with van der Waals surface area (Å²) < 4.78 is 27.8. The van der Waals surface area contributed by atoms with Crippen molar-refractivity contribution in [1.29, 1.82) is 0 Å². The van der Waals surface area contributed by atoms with Crippen LogP contribution in [0.25, 0.3) is 10.8 Å². The van der Waals surface area contributed by atoms with Crippen LogP contribution in [0.5, 0.6) is 0 Å². The van der Waals surface area contributed by atoms with Gasteiger partial charge in [0.2, 0.25) is 10.0 Å². The summed E-state index contributed by atoms with van der Waals surface area (Å²) in [5.41, 5.74) is 0. The van der Waals surface area contributed by atoms with Gasteiger partial charge in [0.1, 0.15) is 0 Å². The number of hydrogen-bond donors (Lipinski definition) is 0. The second kappa shape index (κ2) is 5.63. The van der Waals surface area contributed by atoms with Crippen molar-refractivity contribution in [2.75, 3.05) is 12.3 Å². The summed E-state index contributed by atoms with van der Waals surface area (Å²) in [5.74, 6) is 0.857. The molecule has 0 aromatic heterocycles. The maximum atomic E-state index is 13.1. The van der Waals surface area contributed by atoms with Gasteiger partial charge in [-0.15, -0.1) is 0 Å². The summed E-state index contributed by atoms with van der Waals surface area (Å²) in [6.45, 7) is 4.68. The van der Waals surface area contributed by atoms with Crippen molar-refractivity contribution in [2.45, 2.75) is 30.0 Å². The van der Waals surface area contributed by atoms with Crippen LogP contribution in [0.4, 0.5) is 0 Å². The molecule has 2 aromatic carbocycles. The molecule has 2 atom stereocenters. The van der Waals surface area contributed by atoms with Crippen molar-refractivity contribution < 1.29 is 8.42 Å². The molecule has 1 fully saturated rings. The second-order valence-electron chi connectivity index (χ2n) is 5.41. The molecule has 0 spiro atoms. The van der Waals surface area contributed by atoms with Crippen LogP contribution in [-0.2, 0) is 10.0 Å². The van der Waals surface area contributed by atoms with E-state index in [2.05, 4.69) is 6.92 Å². The molecule has 2 unspecified atom stereocenters. The van der Waals surface area contributed by atoms with Gasteiger partial charge < -0.3 is 0 Å². The fourth-order valence-corrected chi connectivity index (χ4v) is 6.00. The topological polar surface area (TPSA) is 37.4 Å². The van der Waals surface area contributed by atoms with Crippen molar-refractivity contribution >= 4 is 32.6 Å². The Morgan fingerprint density at radius 1 is 1.10 bits per heavy atom. The highest BCUT2D eigenvalue weighted by Gasteiger charge is 2.35. The van der Waals surface area contributed by atoms with Gasteiger partial charge >= 0.3 is 0 Å². The maximum absolute atomic E-state index is 13.1. The molecular weight excluding hydrogens is 302 g/mol. The van der Waals surface area contributed by atoms with E-state index in [-0.39, 0.29) is 6.04 Å². The van der Waals surface area contributed by atoms with Gasteiger partial charge in [0, 0.05) is 29.0 Å². The first-order valence-electron chi connectivity index (χ1n) is 7.13. The van der Waals surface area contributed by atoms with Gasteiger partial charge in [-0.3, -0.25) is 0 Å². The number of nitrogens with zero attached hydrogens (tertiary/aromatic N) is 1. The summed E-state index contributed by atoms with van der Waals surface area (Å²) >= 11 is 1.84. The molecule has 0 bridgehead atoms. The molecule has 112 valence electrons. The Balaban J connectivity index is 2.12. The fraction of sp³-hybridized carbons (Fsp3) is 0.375. The van der Waals surface area contributed by atoms with Crippen LogP contribution >= 0.6 is 11.8 Å². The molecule has 5 heteroatoms. The van der Waals surface area contributed by atoms with Crippen LogP contribution in [-0.4, -0.2) is 36.3 Å². The predicted molar refractivity (Wildman–Crippen MR) is 89.2 cm³/mol. The highest BCUT2D eigenvalue weighted by Crippen LogP contribution is 2.32. The quantitative estimate of drug-likeness (QED) is 0.851. The summed E-state index contributed by atoms with van der Waals surface area (Å²) in [6, 6.07) is 13.2. The molecular formula is C16H19NO2S2. The zero-order valence-electron chi connectivity index (χ0n) is 12.2. The van der Waals surface area contributed by atoms with E-state index in [9.17, 15) is 8.42 Å². The van der Waals surface area contributed by atoms with E-state index in [4.69, 9.17) is 0 Å². The minimum Gasteiger partial charge on any atom is -0.207 e. The van der Waals surface area contributed by atoms with Crippen LogP contribution < -0.4 is 0 Å². The van der Waals surface area contributed by atoms with Crippen molar-refractivity contribution in [3.05, 3.63) is 42.5 Å². The van der Waals surface area contributed by atoms with E-state index in [1.54, 1.807) is 10.4 Å². The monoisotopic (exact) mass is 321 g/mol. The lowest BCUT2D eigenvalue weighted by molar-refractivity contribution is 0.340. The lowest BCUT2D eigenvalue weighted by Gasteiger charge is -2.36. The first-order valence-corrected chi connectivity index (χ1v) is 9.62. The van der Waals surface area contributed by atoms with Gasteiger partial charge in [0.05, 0.1) is 4.90 Å². The average Bonchev–Trinajstić information content (AvgIpc) is 2.49. The Morgan fingerprint density at radius 2 is 1.81 bits per heavy atom. The van der Waals surface area contributed by atoms with Gasteiger partial charge in [-0.25, -0.2) is 8.42 Å². The number of rotatable bonds is 2. The van der Waals surface area contributed by atoms with Crippen LogP contribution in [0.1, 0.15) is 13.8 Å². The van der Waals surface area contributed by atoms with Crippen molar-refractivity contribution in [1.82, 2.24) is 4.31 Å². The first kappa shape index (κ1) is 14.9. The Hall–Kier alpha value is -1.04. The summed E-state index contributed by atoms with van der Waals surface area (Å²) in [7, 11) is -3.45. The third kappa shape index (κ3) is 2.58. The van der Waals surface area contributed by atoms with E-state index < -0.39 is 10.0 Å². The highest BCUT2D eigenvalue weighted by atomic mass is 32.2. The largest absolute Gasteiger partial charge is 0.243 e. The molecule has 0 radical (unpaired) electrons. The fourth-order valence-electron chi connectivity index (χ4n) is 2.79. The van der Waals surface area contributed by atoms with Crippen molar-refractivity contribution in [2.24, 2.45) is 0 Å². The number of benzene rings is 2. The van der Waals surface area contributed by atoms with E-state index in [0.717, 1.165) is 16.5 Å². The SMILES string of the molecule is CC1SCCN(S(=O)(=O)c2cccc3ccccc23)C1C.